The molecule has 0 saturated carbocycles. The monoisotopic (exact) mass is 251 g/mol. The van der Waals surface area contributed by atoms with Gasteiger partial charge in [-0.05, 0) is 18.6 Å². The lowest BCUT2D eigenvalue weighted by Crippen LogP contribution is -1.94. The molecule has 0 aliphatic carbocycles. The zero-order valence-corrected chi connectivity index (χ0v) is 10.4. The Labute approximate surface area is 105 Å². The number of ether oxygens (including phenoxy) is 1. The third-order valence-electron chi connectivity index (χ3n) is 2.26. The minimum absolute atomic E-state index is 0.284. The summed E-state index contributed by atoms with van der Waals surface area (Å²) in [6, 6.07) is 7.76. The van der Waals surface area contributed by atoms with Crippen molar-refractivity contribution >= 4 is 11.6 Å². The first kappa shape index (κ1) is 12.0. The van der Waals surface area contributed by atoms with E-state index in [-0.39, 0.29) is 5.88 Å². The van der Waals surface area contributed by atoms with Crippen molar-refractivity contribution in [1.29, 1.82) is 0 Å². The van der Waals surface area contributed by atoms with Gasteiger partial charge in [0.05, 0.1) is 18.7 Å². The van der Waals surface area contributed by atoms with Crippen molar-refractivity contribution < 1.29 is 9.15 Å². The van der Waals surface area contributed by atoms with Gasteiger partial charge < -0.3 is 9.15 Å². The summed E-state index contributed by atoms with van der Waals surface area (Å²) in [4.78, 5) is 4.06. The summed E-state index contributed by atoms with van der Waals surface area (Å²) < 4.78 is 11.0. The van der Waals surface area contributed by atoms with Crippen molar-refractivity contribution in [3.63, 3.8) is 0 Å². The van der Waals surface area contributed by atoms with Gasteiger partial charge >= 0.3 is 0 Å². The lowest BCUT2D eigenvalue weighted by Gasteiger charge is -2.05. The Morgan fingerprint density at radius 3 is 3.00 bits per heavy atom. The summed E-state index contributed by atoms with van der Waals surface area (Å²) in [5.74, 6) is 2.36. The maximum atomic E-state index is 5.65. The molecule has 0 atom stereocenters. The van der Waals surface area contributed by atoms with Crippen molar-refractivity contribution in [1.82, 2.24) is 4.98 Å². The van der Waals surface area contributed by atoms with Crippen LogP contribution in [-0.2, 0) is 5.88 Å². The Hall–Kier alpha value is -1.48. The Bertz CT molecular complexity index is 482. The molecule has 0 aliphatic rings. The van der Waals surface area contributed by atoms with Gasteiger partial charge in [0.1, 0.15) is 5.75 Å². The van der Waals surface area contributed by atoms with E-state index >= 15 is 0 Å². The lowest BCUT2D eigenvalue weighted by atomic mass is 10.2. The van der Waals surface area contributed by atoms with Gasteiger partial charge in [0.15, 0.2) is 5.76 Å². The van der Waals surface area contributed by atoms with Crippen molar-refractivity contribution in [3.8, 4) is 17.1 Å². The van der Waals surface area contributed by atoms with E-state index in [1.54, 1.807) is 6.20 Å². The minimum atomic E-state index is 0.284. The number of hydrogen-bond acceptors (Lipinski definition) is 3. The largest absolute Gasteiger partial charge is 0.494 e. The standard InChI is InChI=1S/C13H14ClNO2/c1-2-6-16-11-5-3-4-10(7-11)12-9-15-13(8-14)17-12/h3-5,7,9H,2,6,8H2,1H3. The molecule has 3 nitrogen and oxygen atoms in total. The van der Waals surface area contributed by atoms with E-state index in [1.807, 2.05) is 24.3 Å². The number of oxazole rings is 1. The van der Waals surface area contributed by atoms with E-state index in [1.165, 1.54) is 0 Å². The smallest absolute Gasteiger partial charge is 0.209 e. The molecule has 0 saturated heterocycles. The zero-order chi connectivity index (χ0) is 12.1. The van der Waals surface area contributed by atoms with Crippen molar-refractivity contribution in [2.75, 3.05) is 6.61 Å². The summed E-state index contributed by atoms with van der Waals surface area (Å²) in [5.41, 5.74) is 0.947. The average Bonchev–Trinajstić information content (AvgIpc) is 2.85. The third-order valence-corrected chi connectivity index (χ3v) is 2.49. The van der Waals surface area contributed by atoms with Crippen LogP contribution in [0.25, 0.3) is 11.3 Å². The molecule has 2 aromatic rings. The van der Waals surface area contributed by atoms with E-state index in [4.69, 9.17) is 20.8 Å². The highest BCUT2D eigenvalue weighted by molar-refractivity contribution is 6.16. The number of rotatable bonds is 5. The third kappa shape index (κ3) is 3.01. The van der Waals surface area contributed by atoms with Gasteiger partial charge in [0.25, 0.3) is 0 Å². The fourth-order valence-electron chi connectivity index (χ4n) is 1.46. The Kier molecular flexibility index (Phi) is 4.04. The molecule has 4 heteroatoms. The van der Waals surface area contributed by atoms with Crippen LogP contribution in [-0.4, -0.2) is 11.6 Å². The molecule has 90 valence electrons. The van der Waals surface area contributed by atoms with Crippen molar-refractivity contribution in [3.05, 3.63) is 36.4 Å². The summed E-state index contributed by atoms with van der Waals surface area (Å²) in [5, 5.41) is 0. The number of benzene rings is 1. The molecule has 17 heavy (non-hydrogen) atoms. The molecule has 0 spiro atoms. The van der Waals surface area contributed by atoms with Gasteiger partial charge in [-0.2, -0.15) is 0 Å². The zero-order valence-electron chi connectivity index (χ0n) is 9.65. The van der Waals surface area contributed by atoms with Crippen LogP contribution in [0.2, 0.25) is 0 Å². The highest BCUT2D eigenvalue weighted by Gasteiger charge is 2.06. The molecule has 0 N–H and O–H groups in total. The molecule has 0 radical (unpaired) electrons. The van der Waals surface area contributed by atoms with Gasteiger partial charge in [0, 0.05) is 5.56 Å². The van der Waals surface area contributed by atoms with E-state index in [0.717, 1.165) is 17.7 Å². The molecule has 2 rings (SSSR count). The van der Waals surface area contributed by atoms with Gasteiger partial charge in [-0.3, -0.25) is 0 Å². The summed E-state index contributed by atoms with van der Waals surface area (Å²) in [6.45, 7) is 2.79. The second-order valence-corrected chi connectivity index (χ2v) is 3.90. The lowest BCUT2D eigenvalue weighted by molar-refractivity contribution is 0.317. The van der Waals surface area contributed by atoms with Crippen LogP contribution in [0.15, 0.2) is 34.9 Å². The van der Waals surface area contributed by atoms with Crippen LogP contribution in [0, 0.1) is 0 Å². The predicted octanol–water partition coefficient (Wildman–Crippen LogP) is 3.87. The summed E-state index contributed by atoms with van der Waals surface area (Å²) >= 11 is 5.65. The number of nitrogens with zero attached hydrogens (tertiary/aromatic N) is 1. The van der Waals surface area contributed by atoms with E-state index in [9.17, 15) is 0 Å². The van der Waals surface area contributed by atoms with Crippen molar-refractivity contribution in [2.24, 2.45) is 0 Å². The van der Waals surface area contributed by atoms with E-state index in [2.05, 4.69) is 11.9 Å². The highest BCUT2D eigenvalue weighted by Crippen LogP contribution is 2.25. The molecule has 0 unspecified atom stereocenters. The van der Waals surface area contributed by atoms with E-state index < -0.39 is 0 Å². The Balaban J connectivity index is 2.20. The van der Waals surface area contributed by atoms with Crippen LogP contribution < -0.4 is 4.74 Å². The topological polar surface area (TPSA) is 35.3 Å². The SMILES string of the molecule is CCCOc1cccc(-c2cnc(CCl)o2)c1. The van der Waals surface area contributed by atoms with Gasteiger partial charge in [-0.25, -0.2) is 4.98 Å². The fourth-order valence-corrected chi connectivity index (χ4v) is 1.59. The number of hydrogen-bond donors (Lipinski definition) is 0. The molecule has 0 bridgehead atoms. The predicted molar refractivity (Wildman–Crippen MR) is 67.3 cm³/mol. The molecule has 1 heterocycles. The van der Waals surface area contributed by atoms with Gasteiger partial charge in [0.2, 0.25) is 5.89 Å². The van der Waals surface area contributed by atoms with Crippen LogP contribution >= 0.6 is 11.6 Å². The molecular weight excluding hydrogens is 238 g/mol. The van der Waals surface area contributed by atoms with Gasteiger partial charge in [-0.15, -0.1) is 11.6 Å². The first-order valence-corrected chi connectivity index (χ1v) is 6.11. The maximum absolute atomic E-state index is 5.65. The second-order valence-electron chi connectivity index (χ2n) is 3.63. The molecule has 1 aromatic carbocycles. The van der Waals surface area contributed by atoms with Crippen molar-refractivity contribution in [2.45, 2.75) is 19.2 Å². The van der Waals surface area contributed by atoms with E-state index in [0.29, 0.717) is 18.3 Å². The molecule has 0 amide bonds. The van der Waals surface area contributed by atoms with Gasteiger partial charge in [-0.1, -0.05) is 19.1 Å². The fraction of sp³-hybridized carbons (Fsp3) is 0.308. The molecule has 1 aromatic heterocycles. The quantitative estimate of drug-likeness (QED) is 0.757. The Morgan fingerprint density at radius 1 is 1.41 bits per heavy atom. The summed E-state index contributed by atoms with van der Waals surface area (Å²) in [7, 11) is 0. The van der Waals surface area contributed by atoms with Crippen LogP contribution in [0.1, 0.15) is 19.2 Å². The van der Waals surface area contributed by atoms with Crippen LogP contribution in [0.5, 0.6) is 5.75 Å². The number of halogens is 1. The molecule has 0 fully saturated rings. The molecule has 0 aliphatic heterocycles. The number of aromatic nitrogens is 1. The average molecular weight is 252 g/mol. The number of alkyl halides is 1. The second kappa shape index (κ2) is 5.73. The Morgan fingerprint density at radius 2 is 2.29 bits per heavy atom. The first-order chi connectivity index (χ1) is 8.33. The normalized spacial score (nSPS) is 10.5. The molecular formula is C13H14ClNO2. The first-order valence-electron chi connectivity index (χ1n) is 5.57. The maximum Gasteiger partial charge on any atom is 0.209 e. The highest BCUT2D eigenvalue weighted by atomic mass is 35.5. The summed E-state index contributed by atoms with van der Waals surface area (Å²) in [6.07, 6.45) is 2.67. The minimum Gasteiger partial charge on any atom is -0.494 e. The van der Waals surface area contributed by atoms with Crippen LogP contribution in [0.4, 0.5) is 0 Å². The van der Waals surface area contributed by atoms with Crippen LogP contribution in [0.3, 0.4) is 0 Å².